The number of carbonyl (C=O) groups excluding carboxylic acids is 2. The Bertz CT molecular complexity index is 803. The molecule has 1 aromatic rings. The molecule has 0 unspecified atom stereocenters. The van der Waals surface area contributed by atoms with Gasteiger partial charge in [-0.3, -0.25) is 9.59 Å². The number of sulfone groups is 1. The molecule has 0 radical (unpaired) electrons. The van der Waals surface area contributed by atoms with Crippen molar-refractivity contribution in [2.45, 2.75) is 6.92 Å². The number of hydrogen-bond acceptors (Lipinski definition) is 6. The van der Waals surface area contributed by atoms with E-state index in [0.717, 1.165) is 11.6 Å². The van der Waals surface area contributed by atoms with Crippen LogP contribution in [0.3, 0.4) is 0 Å². The molecular formula is C12H8N2O4S. The van der Waals surface area contributed by atoms with Crippen molar-refractivity contribution in [1.29, 1.82) is 0 Å². The predicted octanol–water partition coefficient (Wildman–Crippen LogP) is 0.470. The molecule has 1 aliphatic heterocycles. The molecule has 1 N–H and O–H groups in total. The van der Waals surface area contributed by atoms with E-state index in [4.69, 9.17) is 0 Å². The van der Waals surface area contributed by atoms with Gasteiger partial charge in [-0.25, -0.2) is 13.4 Å². The molecule has 0 saturated carbocycles. The van der Waals surface area contributed by atoms with Crippen molar-refractivity contribution in [3.05, 3.63) is 51.3 Å². The number of ketones is 2. The lowest BCUT2D eigenvalue weighted by Crippen LogP contribution is -2.34. The highest BCUT2D eigenvalue weighted by atomic mass is 32.2. The van der Waals surface area contributed by atoms with Gasteiger partial charge in [0.05, 0.1) is 11.0 Å². The lowest BCUT2D eigenvalue weighted by Gasteiger charge is -2.21. The number of nitrogens with zero attached hydrogens (tertiary/aromatic N) is 1. The predicted molar refractivity (Wildman–Crippen MR) is 65.9 cm³/mol. The number of rotatable bonds is 0. The standard InChI is InChI=1S/C12H8N2O4S/c1-6-2-3-7-8(14-6)11(16)9-12(10(7)15)19(17,18)5-4-13-9/h2-5,13H,1H3. The summed E-state index contributed by atoms with van der Waals surface area (Å²) in [7, 11) is -3.88. The van der Waals surface area contributed by atoms with Gasteiger partial charge in [0, 0.05) is 11.9 Å². The number of allylic oxidation sites excluding steroid dienone is 2. The highest BCUT2D eigenvalue weighted by molar-refractivity contribution is 7.99. The molecule has 1 aliphatic carbocycles. The summed E-state index contributed by atoms with van der Waals surface area (Å²) in [4.78, 5) is 27.9. The van der Waals surface area contributed by atoms with E-state index in [1.165, 1.54) is 6.07 Å². The van der Waals surface area contributed by atoms with Crippen LogP contribution < -0.4 is 5.32 Å². The van der Waals surface area contributed by atoms with E-state index in [-0.39, 0.29) is 17.0 Å². The van der Waals surface area contributed by atoms with Gasteiger partial charge >= 0.3 is 0 Å². The van der Waals surface area contributed by atoms with Crippen LogP contribution in [0, 0.1) is 6.92 Å². The van der Waals surface area contributed by atoms with Crippen LogP contribution in [-0.2, 0) is 9.84 Å². The SMILES string of the molecule is Cc1ccc2c(n1)C(=O)C1=C(C2=O)S(=O)(=O)C=CN1. The third-order valence-electron chi connectivity index (χ3n) is 2.91. The Morgan fingerprint density at radius 3 is 2.63 bits per heavy atom. The second-order valence-electron chi connectivity index (χ2n) is 4.20. The van der Waals surface area contributed by atoms with Gasteiger partial charge in [-0.1, -0.05) is 0 Å². The van der Waals surface area contributed by atoms with Gasteiger partial charge in [0.25, 0.3) is 0 Å². The molecule has 2 heterocycles. The van der Waals surface area contributed by atoms with Gasteiger partial charge in [0.15, 0.2) is 0 Å². The van der Waals surface area contributed by atoms with Gasteiger partial charge in [-0.2, -0.15) is 0 Å². The molecule has 2 aliphatic rings. The molecule has 0 amide bonds. The molecule has 1 aromatic heterocycles. The van der Waals surface area contributed by atoms with Crippen LogP contribution in [0.15, 0.2) is 34.3 Å². The van der Waals surface area contributed by atoms with E-state index in [2.05, 4.69) is 10.3 Å². The highest BCUT2D eigenvalue weighted by Gasteiger charge is 2.40. The summed E-state index contributed by atoms with van der Waals surface area (Å²) in [6.45, 7) is 1.69. The monoisotopic (exact) mass is 276 g/mol. The second kappa shape index (κ2) is 3.61. The summed E-state index contributed by atoms with van der Waals surface area (Å²) < 4.78 is 23.7. The van der Waals surface area contributed by atoms with Crippen LogP contribution >= 0.6 is 0 Å². The molecule has 96 valence electrons. The van der Waals surface area contributed by atoms with Crippen molar-refractivity contribution in [2.24, 2.45) is 0 Å². The highest BCUT2D eigenvalue weighted by Crippen LogP contribution is 2.30. The van der Waals surface area contributed by atoms with Crippen molar-refractivity contribution in [3.63, 3.8) is 0 Å². The maximum absolute atomic E-state index is 12.2. The first-order valence-electron chi connectivity index (χ1n) is 5.41. The smallest absolute Gasteiger partial charge is 0.229 e. The molecule has 0 saturated heterocycles. The Kier molecular flexibility index (Phi) is 2.24. The summed E-state index contributed by atoms with van der Waals surface area (Å²) >= 11 is 0. The average Bonchev–Trinajstić information content (AvgIpc) is 2.34. The van der Waals surface area contributed by atoms with Gasteiger partial charge < -0.3 is 5.32 Å². The topological polar surface area (TPSA) is 93.2 Å². The number of Topliss-reactive ketones (excluding diaryl/α,β-unsaturated/α-hetero) is 2. The van der Waals surface area contributed by atoms with Crippen LogP contribution in [0.1, 0.15) is 26.5 Å². The fourth-order valence-electron chi connectivity index (χ4n) is 2.05. The third-order valence-corrected chi connectivity index (χ3v) is 4.37. The van der Waals surface area contributed by atoms with Gasteiger partial charge in [0.1, 0.15) is 16.3 Å². The fourth-order valence-corrected chi connectivity index (χ4v) is 3.24. The Hall–Kier alpha value is -2.28. The minimum Gasteiger partial charge on any atom is -0.357 e. The minimum absolute atomic E-state index is 0.0123. The minimum atomic E-state index is -3.88. The number of aryl methyl sites for hydroxylation is 1. The van der Waals surface area contributed by atoms with E-state index in [1.54, 1.807) is 13.0 Å². The van der Waals surface area contributed by atoms with Crippen LogP contribution in [0.4, 0.5) is 0 Å². The Balaban J connectivity index is 2.33. The molecule has 7 heteroatoms. The van der Waals surface area contributed by atoms with Gasteiger partial charge in [0.2, 0.25) is 21.4 Å². The molecule has 0 fully saturated rings. The fraction of sp³-hybridized carbons (Fsp3) is 0.0833. The molecule has 6 nitrogen and oxygen atoms in total. The normalized spacial score (nSPS) is 19.8. The first kappa shape index (κ1) is 11.8. The second-order valence-corrected chi connectivity index (χ2v) is 5.97. The Morgan fingerprint density at radius 2 is 1.89 bits per heavy atom. The average molecular weight is 276 g/mol. The maximum Gasteiger partial charge on any atom is 0.229 e. The largest absolute Gasteiger partial charge is 0.357 e. The number of carbonyl (C=O) groups is 2. The quantitative estimate of drug-likeness (QED) is 0.740. The molecule has 3 rings (SSSR count). The summed E-state index contributed by atoms with van der Waals surface area (Å²) in [5, 5.41) is 3.39. The lowest BCUT2D eigenvalue weighted by molar-refractivity contribution is 0.0972. The number of pyridine rings is 1. The number of aromatic nitrogens is 1. The van der Waals surface area contributed by atoms with E-state index in [1.807, 2.05) is 0 Å². The molecule has 19 heavy (non-hydrogen) atoms. The lowest BCUT2D eigenvalue weighted by atomic mass is 9.96. The van der Waals surface area contributed by atoms with Crippen LogP contribution in [-0.4, -0.2) is 25.0 Å². The summed E-state index contributed by atoms with van der Waals surface area (Å²) in [5.74, 6) is -1.28. The summed E-state index contributed by atoms with van der Waals surface area (Å²) in [6, 6.07) is 2.99. The van der Waals surface area contributed by atoms with E-state index in [0.29, 0.717) is 5.69 Å². The zero-order valence-corrected chi connectivity index (χ0v) is 10.6. The molecule has 0 spiro atoms. The Labute approximate surface area is 108 Å². The van der Waals surface area contributed by atoms with Crippen LogP contribution in [0.2, 0.25) is 0 Å². The molecule has 0 aromatic carbocycles. The van der Waals surface area contributed by atoms with Crippen molar-refractivity contribution in [1.82, 2.24) is 10.3 Å². The van der Waals surface area contributed by atoms with Crippen LogP contribution in [0.25, 0.3) is 0 Å². The number of hydrogen-bond donors (Lipinski definition) is 1. The molecular weight excluding hydrogens is 268 g/mol. The van der Waals surface area contributed by atoms with Crippen molar-refractivity contribution in [2.75, 3.05) is 0 Å². The van der Waals surface area contributed by atoms with E-state index in [9.17, 15) is 18.0 Å². The number of fused-ring (bicyclic) bond motifs is 1. The maximum atomic E-state index is 12.2. The van der Waals surface area contributed by atoms with Crippen LogP contribution in [0.5, 0.6) is 0 Å². The summed E-state index contributed by atoms with van der Waals surface area (Å²) in [6.07, 6.45) is 1.13. The van der Waals surface area contributed by atoms with Crippen molar-refractivity contribution >= 4 is 21.4 Å². The number of nitrogens with one attached hydrogen (secondary N) is 1. The zero-order chi connectivity index (χ0) is 13.8. The van der Waals surface area contributed by atoms with E-state index >= 15 is 0 Å². The van der Waals surface area contributed by atoms with Gasteiger partial charge in [-0.05, 0) is 19.1 Å². The third kappa shape index (κ3) is 1.55. The molecule has 0 bridgehead atoms. The zero-order valence-electron chi connectivity index (χ0n) is 9.80. The van der Waals surface area contributed by atoms with Gasteiger partial charge in [-0.15, -0.1) is 0 Å². The Morgan fingerprint density at radius 1 is 1.16 bits per heavy atom. The van der Waals surface area contributed by atoms with E-state index < -0.39 is 26.3 Å². The van der Waals surface area contributed by atoms with Crippen molar-refractivity contribution in [3.8, 4) is 0 Å². The molecule has 0 atom stereocenters. The first-order chi connectivity index (χ1) is 8.92. The summed E-state index contributed by atoms with van der Waals surface area (Å²) in [5.41, 5.74) is 0.369. The first-order valence-corrected chi connectivity index (χ1v) is 6.96. The van der Waals surface area contributed by atoms with Crippen molar-refractivity contribution < 1.29 is 18.0 Å².